The van der Waals surface area contributed by atoms with Gasteiger partial charge in [0.2, 0.25) is 0 Å². The van der Waals surface area contributed by atoms with Gasteiger partial charge in [0.15, 0.2) is 11.5 Å². The van der Waals surface area contributed by atoms with Crippen LogP contribution in [0.1, 0.15) is 16.7 Å². The molecule has 0 amide bonds. The summed E-state index contributed by atoms with van der Waals surface area (Å²) in [5, 5.41) is 20.3. The summed E-state index contributed by atoms with van der Waals surface area (Å²) < 4.78 is 11.3. The molecule has 6 heteroatoms. The maximum atomic E-state index is 10.8. The second-order valence-corrected chi connectivity index (χ2v) is 6.16. The first-order valence-corrected chi connectivity index (χ1v) is 8.82. The van der Waals surface area contributed by atoms with Crippen molar-refractivity contribution >= 4 is 17.3 Å². The van der Waals surface area contributed by atoms with E-state index in [9.17, 15) is 15.4 Å². The van der Waals surface area contributed by atoms with Crippen molar-refractivity contribution in [2.45, 2.75) is 6.61 Å². The molecule has 3 aromatic carbocycles. The van der Waals surface area contributed by atoms with Crippen LogP contribution in [0, 0.1) is 21.4 Å². The van der Waals surface area contributed by atoms with E-state index in [2.05, 4.69) is 6.07 Å². The number of benzene rings is 3. The lowest BCUT2D eigenvalue weighted by Gasteiger charge is -2.12. The third-order valence-electron chi connectivity index (χ3n) is 4.25. The molecule has 0 bridgehead atoms. The SMILES string of the molecule is COc1ccc(/C=C(\C#N)c2ccc([N+](=O)[O-])cc2)cc1OCc1ccccc1. The first-order valence-electron chi connectivity index (χ1n) is 8.82. The molecule has 29 heavy (non-hydrogen) atoms. The van der Waals surface area contributed by atoms with Crippen molar-refractivity contribution in [2.75, 3.05) is 7.11 Å². The van der Waals surface area contributed by atoms with Gasteiger partial charge in [-0.3, -0.25) is 10.1 Å². The molecule has 3 rings (SSSR count). The number of hydrogen-bond acceptors (Lipinski definition) is 5. The largest absolute Gasteiger partial charge is 0.493 e. The Balaban J connectivity index is 1.86. The molecule has 0 saturated heterocycles. The van der Waals surface area contributed by atoms with Gasteiger partial charge < -0.3 is 9.47 Å². The molecule has 0 unspecified atom stereocenters. The molecular weight excluding hydrogens is 368 g/mol. The number of nitriles is 1. The van der Waals surface area contributed by atoms with E-state index in [1.54, 1.807) is 37.5 Å². The molecule has 0 aliphatic heterocycles. The van der Waals surface area contributed by atoms with Gasteiger partial charge in [-0.05, 0) is 47.0 Å². The number of hydrogen-bond donors (Lipinski definition) is 0. The number of ether oxygens (including phenoxy) is 2. The predicted octanol–water partition coefficient (Wildman–Crippen LogP) is 5.25. The number of nitro groups is 1. The van der Waals surface area contributed by atoms with E-state index in [1.807, 2.05) is 36.4 Å². The van der Waals surface area contributed by atoms with E-state index in [4.69, 9.17) is 9.47 Å². The first-order chi connectivity index (χ1) is 14.1. The fourth-order valence-corrected chi connectivity index (χ4v) is 2.74. The number of non-ortho nitro benzene ring substituents is 1. The van der Waals surface area contributed by atoms with E-state index >= 15 is 0 Å². The van der Waals surface area contributed by atoms with Gasteiger partial charge in [-0.1, -0.05) is 36.4 Å². The zero-order valence-corrected chi connectivity index (χ0v) is 15.7. The minimum absolute atomic E-state index is 0.0212. The predicted molar refractivity (Wildman–Crippen MR) is 110 cm³/mol. The molecule has 6 nitrogen and oxygen atoms in total. The van der Waals surface area contributed by atoms with Crippen LogP contribution in [0.3, 0.4) is 0 Å². The Morgan fingerprint density at radius 3 is 2.41 bits per heavy atom. The lowest BCUT2D eigenvalue weighted by Crippen LogP contribution is -1.98. The Morgan fingerprint density at radius 2 is 1.79 bits per heavy atom. The van der Waals surface area contributed by atoms with Crippen LogP contribution in [0.2, 0.25) is 0 Å². The van der Waals surface area contributed by atoms with Gasteiger partial charge in [0.25, 0.3) is 5.69 Å². The fraction of sp³-hybridized carbons (Fsp3) is 0.0870. The lowest BCUT2D eigenvalue weighted by atomic mass is 10.0. The van der Waals surface area contributed by atoms with Crippen molar-refractivity contribution < 1.29 is 14.4 Å². The molecule has 0 heterocycles. The summed E-state index contributed by atoms with van der Waals surface area (Å²) in [5.41, 5.74) is 2.75. The molecule has 0 aliphatic rings. The molecule has 0 atom stereocenters. The molecule has 0 spiro atoms. The average molecular weight is 386 g/mol. The van der Waals surface area contributed by atoms with Gasteiger partial charge in [-0.2, -0.15) is 5.26 Å². The Kier molecular flexibility index (Phi) is 6.23. The van der Waals surface area contributed by atoms with Crippen LogP contribution in [0.4, 0.5) is 5.69 Å². The van der Waals surface area contributed by atoms with E-state index < -0.39 is 4.92 Å². The molecule has 3 aromatic rings. The quantitative estimate of drug-likeness (QED) is 0.240. The Bertz CT molecular complexity index is 1070. The van der Waals surface area contributed by atoms with E-state index in [0.717, 1.165) is 11.1 Å². The smallest absolute Gasteiger partial charge is 0.269 e. The van der Waals surface area contributed by atoms with Crippen molar-refractivity contribution in [3.63, 3.8) is 0 Å². The minimum atomic E-state index is -0.473. The van der Waals surface area contributed by atoms with Crippen LogP contribution in [-0.2, 0) is 6.61 Å². The second-order valence-electron chi connectivity index (χ2n) is 6.16. The second kappa shape index (κ2) is 9.20. The summed E-state index contributed by atoms with van der Waals surface area (Å²) in [6.07, 6.45) is 1.70. The van der Waals surface area contributed by atoms with Crippen molar-refractivity contribution in [3.05, 3.63) is 99.6 Å². The fourth-order valence-electron chi connectivity index (χ4n) is 2.74. The van der Waals surface area contributed by atoms with Gasteiger partial charge in [0.05, 0.1) is 23.7 Å². The van der Waals surface area contributed by atoms with Crippen LogP contribution < -0.4 is 9.47 Å². The number of nitrogens with zero attached hydrogens (tertiary/aromatic N) is 2. The third-order valence-corrected chi connectivity index (χ3v) is 4.25. The van der Waals surface area contributed by atoms with Gasteiger partial charge in [-0.15, -0.1) is 0 Å². The van der Waals surface area contributed by atoms with Gasteiger partial charge in [0.1, 0.15) is 6.61 Å². The molecule has 0 N–H and O–H groups in total. The van der Waals surface area contributed by atoms with Crippen molar-refractivity contribution in [1.29, 1.82) is 5.26 Å². The van der Waals surface area contributed by atoms with Crippen molar-refractivity contribution in [2.24, 2.45) is 0 Å². The molecule has 0 aliphatic carbocycles. The zero-order chi connectivity index (χ0) is 20.6. The maximum Gasteiger partial charge on any atom is 0.269 e. The number of allylic oxidation sites excluding steroid dienone is 1. The first kappa shape index (κ1) is 19.6. The summed E-state index contributed by atoms with van der Waals surface area (Å²) >= 11 is 0. The summed E-state index contributed by atoms with van der Waals surface area (Å²) in [4.78, 5) is 10.3. The van der Waals surface area contributed by atoms with Crippen LogP contribution in [0.25, 0.3) is 11.6 Å². The van der Waals surface area contributed by atoms with E-state index in [1.165, 1.54) is 12.1 Å². The number of nitro benzene ring substituents is 1. The number of methoxy groups -OCH3 is 1. The van der Waals surface area contributed by atoms with Crippen LogP contribution in [0.5, 0.6) is 11.5 Å². The van der Waals surface area contributed by atoms with E-state index in [-0.39, 0.29) is 5.69 Å². The standard InChI is InChI=1S/C23H18N2O4/c1-28-22-12-7-18(14-23(22)29-16-17-5-3-2-4-6-17)13-20(15-24)19-8-10-21(11-9-19)25(26)27/h2-14H,16H2,1H3/b20-13+. The molecule has 0 fully saturated rings. The summed E-state index contributed by atoms with van der Waals surface area (Å²) in [5.74, 6) is 1.15. The molecule has 144 valence electrons. The highest BCUT2D eigenvalue weighted by molar-refractivity contribution is 5.90. The molecule has 0 aromatic heterocycles. The van der Waals surface area contributed by atoms with Crippen molar-refractivity contribution in [1.82, 2.24) is 0 Å². The van der Waals surface area contributed by atoms with Crippen LogP contribution in [-0.4, -0.2) is 12.0 Å². The highest BCUT2D eigenvalue weighted by Gasteiger charge is 2.09. The summed E-state index contributed by atoms with van der Waals surface area (Å²) in [6.45, 7) is 0.387. The minimum Gasteiger partial charge on any atom is -0.493 e. The summed E-state index contributed by atoms with van der Waals surface area (Å²) in [6, 6.07) is 23.2. The normalized spacial score (nSPS) is 10.8. The van der Waals surface area contributed by atoms with Crippen molar-refractivity contribution in [3.8, 4) is 17.6 Å². The van der Waals surface area contributed by atoms with Gasteiger partial charge in [0, 0.05) is 12.1 Å². The monoisotopic (exact) mass is 386 g/mol. The highest BCUT2D eigenvalue weighted by atomic mass is 16.6. The Morgan fingerprint density at radius 1 is 1.07 bits per heavy atom. The topological polar surface area (TPSA) is 85.4 Å². The van der Waals surface area contributed by atoms with Gasteiger partial charge >= 0.3 is 0 Å². The third kappa shape index (κ3) is 4.99. The lowest BCUT2D eigenvalue weighted by molar-refractivity contribution is -0.384. The Labute approximate surface area is 168 Å². The van der Waals surface area contributed by atoms with Crippen LogP contribution in [0.15, 0.2) is 72.8 Å². The van der Waals surface area contributed by atoms with Gasteiger partial charge in [-0.25, -0.2) is 0 Å². The molecule has 0 radical (unpaired) electrons. The van der Waals surface area contributed by atoms with Crippen LogP contribution >= 0.6 is 0 Å². The zero-order valence-electron chi connectivity index (χ0n) is 15.7. The highest BCUT2D eigenvalue weighted by Crippen LogP contribution is 2.30. The van der Waals surface area contributed by atoms with E-state index in [0.29, 0.717) is 29.2 Å². The summed E-state index contributed by atoms with van der Waals surface area (Å²) in [7, 11) is 1.57. The number of rotatable bonds is 7. The molecule has 0 saturated carbocycles. The average Bonchev–Trinajstić information content (AvgIpc) is 2.77. The molecular formula is C23H18N2O4. The maximum absolute atomic E-state index is 10.8. The Hall–Kier alpha value is -4.11.